The topological polar surface area (TPSA) is 94.1 Å². The predicted molar refractivity (Wildman–Crippen MR) is 76.4 cm³/mol. The van der Waals surface area contributed by atoms with Gasteiger partial charge < -0.3 is 11.1 Å². The Morgan fingerprint density at radius 2 is 2.26 bits per heavy atom. The fraction of sp³-hybridized carbons (Fsp3) is 0.250. The van der Waals surface area contributed by atoms with E-state index in [1.54, 1.807) is 17.4 Å². The van der Waals surface area contributed by atoms with E-state index in [1.807, 2.05) is 20.0 Å². The summed E-state index contributed by atoms with van der Waals surface area (Å²) in [5.41, 5.74) is 6.82. The van der Waals surface area contributed by atoms with Crippen molar-refractivity contribution in [2.45, 2.75) is 19.9 Å². The standard InChI is InChI=1S/C12H14N4O2S/c1-7-6-14-12(19-7)8(2)15-11-4-3-9(16(17)18)5-10(11)13/h3-6,8,15H,13H2,1-2H3. The van der Waals surface area contributed by atoms with Crippen LogP contribution in [0.15, 0.2) is 24.4 Å². The number of nitrogens with one attached hydrogen (secondary N) is 1. The number of non-ortho nitro benzene ring substituents is 1. The maximum atomic E-state index is 10.6. The third-order valence-corrected chi connectivity index (χ3v) is 3.72. The maximum Gasteiger partial charge on any atom is 0.271 e. The van der Waals surface area contributed by atoms with E-state index in [2.05, 4.69) is 10.3 Å². The van der Waals surface area contributed by atoms with Crippen molar-refractivity contribution in [2.24, 2.45) is 0 Å². The molecule has 2 aromatic rings. The first-order chi connectivity index (χ1) is 8.97. The number of hydrogen-bond donors (Lipinski definition) is 2. The minimum Gasteiger partial charge on any atom is -0.397 e. The number of aryl methyl sites for hydroxylation is 1. The largest absolute Gasteiger partial charge is 0.397 e. The summed E-state index contributed by atoms with van der Waals surface area (Å²) in [7, 11) is 0. The molecule has 19 heavy (non-hydrogen) atoms. The molecule has 0 spiro atoms. The lowest BCUT2D eigenvalue weighted by Crippen LogP contribution is -2.08. The van der Waals surface area contributed by atoms with E-state index < -0.39 is 4.92 Å². The summed E-state index contributed by atoms with van der Waals surface area (Å²) in [6.45, 7) is 3.97. The molecule has 1 aromatic carbocycles. The van der Waals surface area contributed by atoms with Crippen molar-refractivity contribution >= 4 is 28.4 Å². The lowest BCUT2D eigenvalue weighted by molar-refractivity contribution is -0.384. The van der Waals surface area contributed by atoms with E-state index in [0.717, 1.165) is 9.88 Å². The summed E-state index contributed by atoms with van der Waals surface area (Å²) in [6, 6.07) is 4.40. The minimum absolute atomic E-state index is 0.00227. The first-order valence-corrected chi connectivity index (χ1v) is 6.52. The number of thiazole rings is 1. The molecule has 7 heteroatoms. The zero-order chi connectivity index (χ0) is 14.0. The lowest BCUT2D eigenvalue weighted by atomic mass is 10.2. The SMILES string of the molecule is Cc1cnc(C(C)Nc2ccc([N+](=O)[O-])cc2N)s1. The number of nitrogens with two attached hydrogens (primary N) is 1. The molecule has 100 valence electrons. The van der Waals surface area contributed by atoms with Gasteiger partial charge in [-0.05, 0) is 19.9 Å². The maximum absolute atomic E-state index is 10.6. The highest BCUT2D eigenvalue weighted by Gasteiger charge is 2.13. The van der Waals surface area contributed by atoms with Gasteiger partial charge in [-0.2, -0.15) is 0 Å². The van der Waals surface area contributed by atoms with Gasteiger partial charge in [0.25, 0.3) is 5.69 Å². The van der Waals surface area contributed by atoms with Gasteiger partial charge >= 0.3 is 0 Å². The Kier molecular flexibility index (Phi) is 3.66. The molecule has 0 aliphatic rings. The van der Waals surface area contributed by atoms with Crippen LogP contribution >= 0.6 is 11.3 Å². The highest BCUT2D eigenvalue weighted by atomic mass is 32.1. The Balaban J connectivity index is 2.17. The summed E-state index contributed by atoms with van der Waals surface area (Å²) in [5, 5.41) is 14.8. The van der Waals surface area contributed by atoms with Crippen LogP contribution in [-0.4, -0.2) is 9.91 Å². The molecule has 0 bridgehead atoms. The quantitative estimate of drug-likeness (QED) is 0.509. The Hall–Kier alpha value is -2.15. The van der Waals surface area contributed by atoms with Crippen LogP contribution in [0, 0.1) is 17.0 Å². The van der Waals surface area contributed by atoms with Crippen LogP contribution in [0.25, 0.3) is 0 Å². The lowest BCUT2D eigenvalue weighted by Gasteiger charge is -2.14. The molecule has 1 unspecified atom stereocenters. The fourth-order valence-electron chi connectivity index (χ4n) is 1.66. The molecule has 0 radical (unpaired) electrons. The molecule has 0 saturated heterocycles. The molecule has 0 aliphatic carbocycles. The normalized spacial score (nSPS) is 12.1. The molecule has 6 nitrogen and oxygen atoms in total. The number of nitrogen functional groups attached to an aromatic ring is 1. The third-order valence-electron chi connectivity index (χ3n) is 2.63. The minimum atomic E-state index is -0.465. The van der Waals surface area contributed by atoms with Crippen molar-refractivity contribution in [2.75, 3.05) is 11.1 Å². The van der Waals surface area contributed by atoms with Gasteiger partial charge in [0.1, 0.15) is 5.01 Å². The van der Waals surface area contributed by atoms with Crippen LogP contribution in [-0.2, 0) is 0 Å². The van der Waals surface area contributed by atoms with Crippen molar-refractivity contribution < 1.29 is 4.92 Å². The second-order valence-corrected chi connectivity index (χ2v) is 5.47. The average molecular weight is 278 g/mol. The molecule has 1 heterocycles. The molecule has 0 amide bonds. The Labute approximate surface area is 114 Å². The summed E-state index contributed by atoms with van der Waals surface area (Å²) < 4.78 is 0. The predicted octanol–water partition coefficient (Wildman–Crippen LogP) is 3.12. The van der Waals surface area contributed by atoms with Crippen LogP contribution in [0.3, 0.4) is 0 Å². The smallest absolute Gasteiger partial charge is 0.271 e. The first kappa shape index (κ1) is 13.3. The zero-order valence-electron chi connectivity index (χ0n) is 10.6. The molecular weight excluding hydrogens is 264 g/mol. The average Bonchev–Trinajstić information content (AvgIpc) is 2.78. The van der Waals surface area contributed by atoms with Crippen molar-refractivity contribution in [1.82, 2.24) is 4.98 Å². The summed E-state index contributed by atoms with van der Waals surface area (Å²) >= 11 is 1.61. The van der Waals surface area contributed by atoms with Gasteiger partial charge in [0.05, 0.1) is 22.3 Å². The van der Waals surface area contributed by atoms with Crippen LogP contribution in [0.1, 0.15) is 22.9 Å². The Bertz CT molecular complexity index is 612. The van der Waals surface area contributed by atoms with Crippen molar-refractivity contribution in [1.29, 1.82) is 0 Å². The number of anilines is 2. The number of hydrogen-bond acceptors (Lipinski definition) is 6. The second-order valence-electron chi connectivity index (χ2n) is 4.20. The summed E-state index contributed by atoms with van der Waals surface area (Å²) in [6.07, 6.45) is 1.82. The van der Waals surface area contributed by atoms with Gasteiger partial charge in [-0.3, -0.25) is 10.1 Å². The summed E-state index contributed by atoms with van der Waals surface area (Å²) in [5.74, 6) is 0. The molecule has 0 fully saturated rings. The third kappa shape index (κ3) is 3.00. The van der Waals surface area contributed by atoms with E-state index in [4.69, 9.17) is 5.73 Å². The molecule has 2 rings (SSSR count). The monoisotopic (exact) mass is 278 g/mol. The number of aromatic nitrogens is 1. The highest BCUT2D eigenvalue weighted by Crippen LogP contribution is 2.29. The van der Waals surface area contributed by atoms with E-state index in [1.165, 1.54) is 12.1 Å². The van der Waals surface area contributed by atoms with E-state index in [9.17, 15) is 10.1 Å². The van der Waals surface area contributed by atoms with Crippen LogP contribution in [0.2, 0.25) is 0 Å². The molecule has 0 saturated carbocycles. The first-order valence-electron chi connectivity index (χ1n) is 5.70. The Morgan fingerprint density at radius 1 is 1.53 bits per heavy atom. The number of nitrogens with zero attached hydrogens (tertiary/aromatic N) is 2. The molecular formula is C12H14N4O2S. The van der Waals surface area contributed by atoms with Gasteiger partial charge in [0.2, 0.25) is 0 Å². The van der Waals surface area contributed by atoms with Crippen LogP contribution in [0.4, 0.5) is 17.1 Å². The number of rotatable bonds is 4. The molecule has 1 atom stereocenters. The van der Waals surface area contributed by atoms with E-state index in [-0.39, 0.29) is 11.7 Å². The fourth-order valence-corrected chi connectivity index (χ4v) is 2.44. The van der Waals surface area contributed by atoms with E-state index >= 15 is 0 Å². The second kappa shape index (κ2) is 5.23. The van der Waals surface area contributed by atoms with Crippen LogP contribution in [0.5, 0.6) is 0 Å². The number of nitro groups is 1. The van der Waals surface area contributed by atoms with Gasteiger partial charge in [0.15, 0.2) is 0 Å². The summed E-state index contributed by atoms with van der Waals surface area (Å²) in [4.78, 5) is 15.6. The Morgan fingerprint density at radius 3 is 2.79 bits per heavy atom. The molecule has 0 aliphatic heterocycles. The van der Waals surface area contributed by atoms with Gasteiger partial charge in [-0.1, -0.05) is 0 Å². The van der Waals surface area contributed by atoms with Crippen molar-refractivity contribution in [3.63, 3.8) is 0 Å². The van der Waals surface area contributed by atoms with E-state index in [0.29, 0.717) is 11.4 Å². The van der Waals surface area contributed by atoms with Gasteiger partial charge in [0, 0.05) is 23.2 Å². The highest BCUT2D eigenvalue weighted by molar-refractivity contribution is 7.11. The molecule has 1 aromatic heterocycles. The van der Waals surface area contributed by atoms with Crippen molar-refractivity contribution in [3.05, 3.63) is 44.4 Å². The molecule has 3 N–H and O–H groups in total. The van der Waals surface area contributed by atoms with Gasteiger partial charge in [-0.25, -0.2) is 4.98 Å². The number of nitro benzene ring substituents is 1. The zero-order valence-corrected chi connectivity index (χ0v) is 11.4. The van der Waals surface area contributed by atoms with Gasteiger partial charge in [-0.15, -0.1) is 11.3 Å². The van der Waals surface area contributed by atoms with Crippen LogP contribution < -0.4 is 11.1 Å². The number of benzene rings is 1. The van der Waals surface area contributed by atoms with Crippen molar-refractivity contribution in [3.8, 4) is 0 Å².